The van der Waals surface area contributed by atoms with E-state index in [0.29, 0.717) is 0 Å². The first-order valence-corrected chi connectivity index (χ1v) is 10.1. The Hall–Kier alpha value is -1.53. The maximum atomic E-state index is 4.67. The van der Waals surface area contributed by atoms with Crippen LogP contribution in [0.1, 0.15) is 22.5 Å². The van der Waals surface area contributed by atoms with Gasteiger partial charge in [-0.05, 0) is 25.5 Å². The number of aryl methyl sites for hydroxylation is 2. The zero-order valence-corrected chi connectivity index (χ0v) is 16.3. The largest absolute Gasteiger partial charge is 0.356 e. The topological polar surface area (TPSA) is 49.3 Å². The van der Waals surface area contributed by atoms with Gasteiger partial charge < -0.3 is 10.6 Å². The van der Waals surface area contributed by atoms with Gasteiger partial charge in [0.1, 0.15) is 0 Å². The third kappa shape index (κ3) is 6.17. The molecule has 0 aliphatic heterocycles. The molecule has 0 aliphatic rings. The van der Waals surface area contributed by atoms with Crippen molar-refractivity contribution in [2.75, 3.05) is 25.9 Å². The molecule has 0 radical (unpaired) electrons. The van der Waals surface area contributed by atoms with Crippen LogP contribution in [0.5, 0.6) is 0 Å². The number of thiazole rings is 1. The quantitative estimate of drug-likeness (QED) is 0.326. The molecule has 4 nitrogen and oxygen atoms in total. The Kier molecular flexibility index (Phi) is 8.12. The standard InChI is InChI=1S/C18H26N4S2/c1-4-16-14(2)24-17(22-16)10-11-20-18(19-3)21-12-13-23-15-8-6-5-7-9-15/h5-9H,4,10-13H2,1-3H3,(H2,19,20,21). The van der Waals surface area contributed by atoms with Crippen molar-refractivity contribution in [1.29, 1.82) is 0 Å². The SMILES string of the molecule is CCc1nc(CCNC(=NC)NCCSc2ccccc2)sc1C. The van der Waals surface area contributed by atoms with E-state index in [2.05, 4.69) is 58.7 Å². The number of hydrogen-bond donors (Lipinski definition) is 2. The fourth-order valence-corrected chi connectivity index (χ4v) is 4.10. The van der Waals surface area contributed by atoms with Crippen molar-refractivity contribution in [3.8, 4) is 0 Å². The Morgan fingerprint density at radius 3 is 2.62 bits per heavy atom. The zero-order chi connectivity index (χ0) is 17.2. The van der Waals surface area contributed by atoms with Crippen LogP contribution in [-0.4, -0.2) is 36.8 Å². The molecule has 6 heteroatoms. The second-order valence-electron chi connectivity index (χ2n) is 5.30. The van der Waals surface area contributed by atoms with Gasteiger partial charge in [-0.2, -0.15) is 0 Å². The second-order valence-corrected chi connectivity index (χ2v) is 7.76. The van der Waals surface area contributed by atoms with Crippen LogP contribution in [0.15, 0.2) is 40.2 Å². The van der Waals surface area contributed by atoms with Gasteiger partial charge in [0, 0.05) is 42.1 Å². The summed E-state index contributed by atoms with van der Waals surface area (Å²) in [6.07, 6.45) is 1.95. The Morgan fingerprint density at radius 2 is 1.96 bits per heavy atom. The average molecular weight is 363 g/mol. The van der Waals surface area contributed by atoms with Gasteiger partial charge in [0.2, 0.25) is 0 Å². The molecule has 2 aromatic rings. The third-order valence-electron chi connectivity index (χ3n) is 3.53. The molecule has 0 atom stereocenters. The van der Waals surface area contributed by atoms with Crippen molar-refractivity contribution in [2.24, 2.45) is 4.99 Å². The summed E-state index contributed by atoms with van der Waals surface area (Å²) < 4.78 is 0. The van der Waals surface area contributed by atoms with Gasteiger partial charge in [-0.25, -0.2) is 4.98 Å². The molecule has 0 bridgehead atoms. The van der Waals surface area contributed by atoms with Crippen LogP contribution in [0.3, 0.4) is 0 Å². The van der Waals surface area contributed by atoms with E-state index in [9.17, 15) is 0 Å². The number of aliphatic imine (C=N–C) groups is 1. The van der Waals surface area contributed by atoms with E-state index in [1.807, 2.05) is 24.9 Å². The highest BCUT2D eigenvalue weighted by molar-refractivity contribution is 7.99. The first-order chi connectivity index (χ1) is 11.7. The lowest BCUT2D eigenvalue weighted by atomic mass is 10.3. The predicted molar refractivity (Wildman–Crippen MR) is 106 cm³/mol. The number of thioether (sulfide) groups is 1. The van der Waals surface area contributed by atoms with E-state index >= 15 is 0 Å². The van der Waals surface area contributed by atoms with Gasteiger partial charge in [-0.15, -0.1) is 23.1 Å². The predicted octanol–water partition coefficient (Wildman–Crippen LogP) is 3.51. The molecule has 0 unspecified atom stereocenters. The normalized spacial score (nSPS) is 11.5. The van der Waals surface area contributed by atoms with Gasteiger partial charge in [0.05, 0.1) is 10.7 Å². The monoisotopic (exact) mass is 362 g/mol. The third-order valence-corrected chi connectivity index (χ3v) is 5.62. The fourth-order valence-electron chi connectivity index (χ4n) is 2.29. The van der Waals surface area contributed by atoms with Crippen molar-refractivity contribution in [1.82, 2.24) is 15.6 Å². The molecule has 24 heavy (non-hydrogen) atoms. The van der Waals surface area contributed by atoms with Gasteiger partial charge in [0.25, 0.3) is 0 Å². The number of guanidine groups is 1. The van der Waals surface area contributed by atoms with Crippen molar-refractivity contribution in [3.05, 3.63) is 45.9 Å². The maximum absolute atomic E-state index is 4.67. The van der Waals surface area contributed by atoms with E-state index in [0.717, 1.165) is 37.6 Å². The molecule has 1 aromatic heterocycles. The lowest BCUT2D eigenvalue weighted by Gasteiger charge is -2.11. The number of nitrogens with zero attached hydrogens (tertiary/aromatic N) is 2. The Morgan fingerprint density at radius 1 is 1.21 bits per heavy atom. The molecule has 0 fully saturated rings. The Bertz CT molecular complexity index is 638. The van der Waals surface area contributed by atoms with E-state index in [1.165, 1.54) is 20.5 Å². The molecular formula is C18H26N4S2. The summed E-state index contributed by atoms with van der Waals surface area (Å²) >= 11 is 3.65. The highest BCUT2D eigenvalue weighted by Gasteiger charge is 2.06. The Labute approximate surface area is 153 Å². The van der Waals surface area contributed by atoms with Crippen LogP contribution in [0.2, 0.25) is 0 Å². The van der Waals surface area contributed by atoms with Gasteiger partial charge in [-0.3, -0.25) is 4.99 Å². The lowest BCUT2D eigenvalue weighted by molar-refractivity contribution is 0.805. The number of nitrogens with one attached hydrogen (secondary N) is 2. The van der Waals surface area contributed by atoms with Crippen molar-refractivity contribution in [2.45, 2.75) is 31.6 Å². The molecule has 0 spiro atoms. The summed E-state index contributed by atoms with van der Waals surface area (Å²) in [6.45, 7) is 6.04. The minimum Gasteiger partial charge on any atom is -0.356 e. The molecule has 130 valence electrons. The van der Waals surface area contributed by atoms with Gasteiger partial charge >= 0.3 is 0 Å². The summed E-state index contributed by atoms with van der Waals surface area (Å²) in [5.74, 6) is 1.86. The number of benzene rings is 1. The highest BCUT2D eigenvalue weighted by Crippen LogP contribution is 2.18. The van der Waals surface area contributed by atoms with Crippen LogP contribution in [-0.2, 0) is 12.8 Å². The maximum Gasteiger partial charge on any atom is 0.191 e. The van der Waals surface area contributed by atoms with Crippen molar-refractivity contribution < 1.29 is 0 Å². The minimum absolute atomic E-state index is 0.849. The molecule has 1 aromatic carbocycles. The molecule has 0 saturated carbocycles. The van der Waals surface area contributed by atoms with Crippen LogP contribution in [0.4, 0.5) is 0 Å². The molecule has 1 heterocycles. The average Bonchev–Trinajstić information content (AvgIpc) is 2.97. The smallest absolute Gasteiger partial charge is 0.191 e. The van der Waals surface area contributed by atoms with Crippen molar-refractivity contribution >= 4 is 29.1 Å². The fraction of sp³-hybridized carbons (Fsp3) is 0.444. The molecule has 2 rings (SSSR count). The molecule has 0 amide bonds. The summed E-state index contributed by atoms with van der Waals surface area (Å²) in [7, 11) is 1.81. The molecule has 2 N–H and O–H groups in total. The van der Waals surface area contributed by atoms with Crippen LogP contribution in [0.25, 0.3) is 0 Å². The van der Waals surface area contributed by atoms with E-state index in [-0.39, 0.29) is 0 Å². The van der Waals surface area contributed by atoms with Crippen LogP contribution < -0.4 is 10.6 Å². The Balaban J connectivity index is 1.65. The zero-order valence-electron chi connectivity index (χ0n) is 14.6. The first kappa shape index (κ1) is 18.8. The summed E-state index contributed by atoms with van der Waals surface area (Å²) in [5, 5.41) is 7.92. The summed E-state index contributed by atoms with van der Waals surface area (Å²) in [5.41, 5.74) is 1.23. The molecule has 0 aliphatic carbocycles. The van der Waals surface area contributed by atoms with Crippen molar-refractivity contribution in [3.63, 3.8) is 0 Å². The number of aromatic nitrogens is 1. The first-order valence-electron chi connectivity index (χ1n) is 8.30. The van der Waals surface area contributed by atoms with Gasteiger partial charge in [-0.1, -0.05) is 25.1 Å². The van der Waals surface area contributed by atoms with E-state index in [1.54, 1.807) is 11.3 Å². The molecular weight excluding hydrogens is 336 g/mol. The van der Waals surface area contributed by atoms with Crippen LogP contribution >= 0.6 is 23.1 Å². The summed E-state index contributed by atoms with van der Waals surface area (Å²) in [4.78, 5) is 11.6. The number of hydrogen-bond acceptors (Lipinski definition) is 4. The highest BCUT2D eigenvalue weighted by atomic mass is 32.2. The minimum atomic E-state index is 0.849. The summed E-state index contributed by atoms with van der Waals surface area (Å²) in [6, 6.07) is 10.5. The second kappa shape index (κ2) is 10.4. The van der Waals surface area contributed by atoms with Gasteiger partial charge in [0.15, 0.2) is 5.96 Å². The van der Waals surface area contributed by atoms with Crippen LogP contribution in [0, 0.1) is 6.92 Å². The van der Waals surface area contributed by atoms with E-state index in [4.69, 9.17) is 0 Å². The lowest BCUT2D eigenvalue weighted by Crippen LogP contribution is -2.39. The van der Waals surface area contributed by atoms with E-state index < -0.39 is 0 Å². The number of rotatable bonds is 8. The molecule has 0 saturated heterocycles.